The molecule has 23 heavy (non-hydrogen) atoms. The minimum atomic E-state index is -0.0284. The van der Waals surface area contributed by atoms with Gasteiger partial charge >= 0.3 is 0 Å². The van der Waals surface area contributed by atoms with Crippen molar-refractivity contribution in [1.29, 1.82) is 0 Å². The maximum atomic E-state index is 12.5. The zero-order valence-electron chi connectivity index (χ0n) is 13.8. The third kappa shape index (κ3) is 4.32. The molecule has 2 rings (SSSR count). The fraction of sp³-hybridized carbons (Fsp3) is 0.333. The molecule has 4 nitrogen and oxygen atoms in total. The summed E-state index contributed by atoms with van der Waals surface area (Å²) < 4.78 is 1.01. The molecule has 0 aliphatic rings. The molecule has 1 heterocycles. The number of benzene rings is 1. The van der Waals surface area contributed by atoms with Gasteiger partial charge < -0.3 is 9.80 Å². The molecular formula is C18H22BrN3O. The van der Waals surface area contributed by atoms with Crippen LogP contribution in [0, 0.1) is 0 Å². The van der Waals surface area contributed by atoms with Crippen molar-refractivity contribution in [3.05, 3.63) is 58.2 Å². The van der Waals surface area contributed by atoms with Crippen molar-refractivity contribution in [2.75, 3.05) is 25.0 Å². The highest BCUT2D eigenvalue weighted by molar-refractivity contribution is 9.10. The first-order chi connectivity index (χ1) is 11.1. The van der Waals surface area contributed by atoms with Gasteiger partial charge in [0.2, 0.25) is 0 Å². The lowest BCUT2D eigenvalue weighted by atomic mass is 10.2. The molecule has 0 unspecified atom stereocenters. The Morgan fingerprint density at radius 1 is 1.13 bits per heavy atom. The zero-order chi connectivity index (χ0) is 16.8. The van der Waals surface area contributed by atoms with E-state index in [4.69, 9.17) is 0 Å². The van der Waals surface area contributed by atoms with Gasteiger partial charge in [0, 0.05) is 37.4 Å². The second-order valence-electron chi connectivity index (χ2n) is 5.33. The van der Waals surface area contributed by atoms with Crippen LogP contribution in [0.3, 0.4) is 0 Å². The Morgan fingerprint density at radius 3 is 2.39 bits per heavy atom. The van der Waals surface area contributed by atoms with Crippen molar-refractivity contribution in [3.63, 3.8) is 0 Å². The van der Waals surface area contributed by atoms with Crippen molar-refractivity contribution >= 4 is 27.7 Å². The number of hydrogen-bond donors (Lipinski definition) is 0. The van der Waals surface area contributed by atoms with Crippen LogP contribution >= 0.6 is 15.9 Å². The van der Waals surface area contributed by atoms with Gasteiger partial charge in [0.1, 0.15) is 5.82 Å². The average Bonchev–Trinajstić information content (AvgIpc) is 2.58. The number of carbonyl (C=O) groups is 1. The van der Waals surface area contributed by atoms with Crippen molar-refractivity contribution in [2.45, 2.75) is 20.4 Å². The molecule has 0 spiro atoms. The Kier molecular flexibility index (Phi) is 6.16. The molecule has 0 saturated heterocycles. The Hall–Kier alpha value is -1.88. The number of aromatic nitrogens is 1. The first kappa shape index (κ1) is 17.5. The van der Waals surface area contributed by atoms with Gasteiger partial charge in [-0.1, -0.05) is 34.1 Å². The van der Waals surface area contributed by atoms with Crippen LogP contribution < -0.4 is 4.90 Å². The van der Waals surface area contributed by atoms with E-state index < -0.39 is 0 Å². The van der Waals surface area contributed by atoms with Crippen LogP contribution in [-0.2, 0) is 6.54 Å². The summed E-state index contributed by atoms with van der Waals surface area (Å²) >= 11 is 3.52. The number of amides is 1. The van der Waals surface area contributed by atoms with Crippen molar-refractivity contribution in [3.8, 4) is 0 Å². The van der Waals surface area contributed by atoms with Crippen LogP contribution in [0.5, 0.6) is 0 Å². The normalized spacial score (nSPS) is 10.4. The van der Waals surface area contributed by atoms with Crippen LogP contribution in [0.15, 0.2) is 47.1 Å². The molecular weight excluding hydrogens is 354 g/mol. The highest BCUT2D eigenvalue weighted by Crippen LogP contribution is 2.18. The maximum Gasteiger partial charge on any atom is 0.255 e. The molecule has 2 aromatic rings. The lowest BCUT2D eigenvalue weighted by molar-refractivity contribution is 0.0784. The fourth-order valence-corrected chi connectivity index (χ4v) is 2.83. The minimum absolute atomic E-state index is 0.0284. The van der Waals surface area contributed by atoms with Crippen LogP contribution in [0.25, 0.3) is 0 Å². The minimum Gasteiger partial charge on any atom is -0.357 e. The Morgan fingerprint density at radius 2 is 1.83 bits per heavy atom. The van der Waals surface area contributed by atoms with Gasteiger partial charge in [-0.25, -0.2) is 4.98 Å². The highest BCUT2D eigenvalue weighted by atomic mass is 79.9. The first-order valence-electron chi connectivity index (χ1n) is 7.76. The number of rotatable bonds is 6. The fourth-order valence-electron chi connectivity index (χ4n) is 2.42. The van der Waals surface area contributed by atoms with Gasteiger partial charge in [-0.3, -0.25) is 4.79 Å². The lowest BCUT2D eigenvalue weighted by Crippen LogP contribution is -2.27. The molecule has 0 aliphatic heterocycles. The smallest absolute Gasteiger partial charge is 0.255 e. The predicted octanol–water partition coefficient (Wildman–Crippen LogP) is 3.96. The molecule has 0 atom stereocenters. The zero-order valence-corrected chi connectivity index (χ0v) is 15.4. The largest absolute Gasteiger partial charge is 0.357 e. The van der Waals surface area contributed by atoms with Gasteiger partial charge in [-0.05, 0) is 37.6 Å². The number of carbonyl (C=O) groups excluding carboxylic acids is 1. The summed E-state index contributed by atoms with van der Waals surface area (Å²) in [4.78, 5) is 20.8. The molecule has 0 aliphatic carbocycles. The quantitative estimate of drug-likeness (QED) is 0.766. The van der Waals surface area contributed by atoms with E-state index in [2.05, 4.69) is 39.7 Å². The topological polar surface area (TPSA) is 36.4 Å². The molecule has 0 bridgehead atoms. The maximum absolute atomic E-state index is 12.5. The molecule has 1 aromatic heterocycles. The third-order valence-corrected chi connectivity index (χ3v) is 4.57. The number of pyridine rings is 1. The van der Waals surface area contributed by atoms with E-state index >= 15 is 0 Å². The van der Waals surface area contributed by atoms with Crippen LogP contribution in [0.1, 0.15) is 29.8 Å². The summed E-state index contributed by atoms with van der Waals surface area (Å²) in [6, 6.07) is 11.7. The first-order valence-corrected chi connectivity index (χ1v) is 8.56. The van der Waals surface area contributed by atoms with Crippen LogP contribution in [0.2, 0.25) is 0 Å². The van der Waals surface area contributed by atoms with Gasteiger partial charge in [0.05, 0.1) is 5.56 Å². The molecule has 0 fully saturated rings. The molecule has 0 saturated carbocycles. The summed E-state index contributed by atoms with van der Waals surface area (Å²) in [7, 11) is 1.81. The molecule has 1 amide bonds. The SMILES string of the molecule is CCN(CC)c1ccc(C(=O)N(C)Cc2ccccc2Br)cn1. The Bertz CT molecular complexity index is 654. The predicted molar refractivity (Wildman–Crippen MR) is 97.7 cm³/mol. The van der Waals surface area contributed by atoms with E-state index in [1.165, 1.54) is 0 Å². The van der Waals surface area contributed by atoms with Crippen molar-refractivity contribution in [1.82, 2.24) is 9.88 Å². The third-order valence-electron chi connectivity index (χ3n) is 3.79. The molecule has 0 N–H and O–H groups in total. The molecule has 5 heteroatoms. The number of anilines is 1. The van der Waals surface area contributed by atoms with E-state index in [1.54, 1.807) is 18.1 Å². The molecule has 0 radical (unpaired) electrons. The Balaban J connectivity index is 2.09. The van der Waals surface area contributed by atoms with E-state index in [0.29, 0.717) is 12.1 Å². The second kappa shape index (κ2) is 8.11. The van der Waals surface area contributed by atoms with E-state index in [9.17, 15) is 4.79 Å². The van der Waals surface area contributed by atoms with Crippen LogP contribution in [-0.4, -0.2) is 35.9 Å². The standard InChI is InChI=1S/C18H22BrN3O/c1-4-22(5-2)17-11-10-14(12-20-17)18(23)21(3)13-15-8-6-7-9-16(15)19/h6-12H,4-5,13H2,1-3H3. The number of hydrogen-bond acceptors (Lipinski definition) is 3. The summed E-state index contributed by atoms with van der Waals surface area (Å²) in [5.74, 6) is 0.874. The monoisotopic (exact) mass is 375 g/mol. The summed E-state index contributed by atoms with van der Waals surface area (Å²) in [6.45, 7) is 6.54. The van der Waals surface area contributed by atoms with Crippen molar-refractivity contribution < 1.29 is 4.79 Å². The van der Waals surface area contributed by atoms with E-state index in [0.717, 1.165) is 28.9 Å². The highest BCUT2D eigenvalue weighted by Gasteiger charge is 2.14. The number of nitrogens with zero attached hydrogens (tertiary/aromatic N) is 3. The van der Waals surface area contributed by atoms with E-state index in [1.807, 2.05) is 36.4 Å². The molecule has 122 valence electrons. The Labute approximate surface area is 146 Å². The van der Waals surface area contributed by atoms with Crippen molar-refractivity contribution in [2.24, 2.45) is 0 Å². The van der Waals surface area contributed by atoms with Gasteiger partial charge in [0.25, 0.3) is 5.91 Å². The second-order valence-corrected chi connectivity index (χ2v) is 6.18. The average molecular weight is 376 g/mol. The lowest BCUT2D eigenvalue weighted by Gasteiger charge is -2.21. The number of halogens is 1. The van der Waals surface area contributed by atoms with Gasteiger partial charge in [0.15, 0.2) is 0 Å². The summed E-state index contributed by atoms with van der Waals surface area (Å²) in [5.41, 5.74) is 1.69. The van der Waals surface area contributed by atoms with Crippen LogP contribution in [0.4, 0.5) is 5.82 Å². The molecule has 1 aromatic carbocycles. The van der Waals surface area contributed by atoms with Gasteiger partial charge in [-0.15, -0.1) is 0 Å². The summed E-state index contributed by atoms with van der Waals surface area (Å²) in [5, 5.41) is 0. The van der Waals surface area contributed by atoms with E-state index in [-0.39, 0.29) is 5.91 Å². The van der Waals surface area contributed by atoms with Gasteiger partial charge in [-0.2, -0.15) is 0 Å². The summed E-state index contributed by atoms with van der Waals surface area (Å²) in [6.07, 6.45) is 1.66.